The summed E-state index contributed by atoms with van der Waals surface area (Å²) in [4.78, 5) is 14.5. The molecule has 1 saturated heterocycles. The van der Waals surface area contributed by atoms with Crippen molar-refractivity contribution in [1.82, 2.24) is 4.90 Å². The summed E-state index contributed by atoms with van der Waals surface area (Å²) in [6.07, 6.45) is 2.42. The number of thioether (sulfide) groups is 1. The maximum Gasteiger partial charge on any atom is 0.234 e. The van der Waals surface area contributed by atoms with Crippen molar-refractivity contribution in [2.24, 2.45) is 0 Å². The molecule has 1 fully saturated rings. The van der Waals surface area contributed by atoms with Crippen LogP contribution < -0.4 is 10.1 Å². The molecule has 1 aliphatic rings. The van der Waals surface area contributed by atoms with Gasteiger partial charge in [-0.25, -0.2) is 0 Å². The number of carbonyl (C=O) groups is 1. The van der Waals surface area contributed by atoms with E-state index in [0.29, 0.717) is 11.9 Å². The molecule has 0 aliphatic carbocycles. The van der Waals surface area contributed by atoms with Gasteiger partial charge in [-0.05, 0) is 62.2 Å². The smallest absolute Gasteiger partial charge is 0.234 e. The average molecular weight is 385 g/mol. The van der Waals surface area contributed by atoms with Gasteiger partial charge in [0.15, 0.2) is 0 Å². The molecule has 3 rings (SSSR count). The lowest BCUT2D eigenvalue weighted by Gasteiger charge is -2.29. The second-order valence-electron chi connectivity index (χ2n) is 7.11. The molecule has 2 aromatic rings. The minimum atomic E-state index is 0.0255. The molecule has 0 bridgehead atoms. The van der Waals surface area contributed by atoms with Gasteiger partial charge in [-0.3, -0.25) is 4.79 Å². The first kappa shape index (κ1) is 19.8. The maximum atomic E-state index is 12.2. The number of aryl methyl sites for hydroxylation is 1. The zero-order chi connectivity index (χ0) is 19.1. The fourth-order valence-corrected chi connectivity index (χ4v) is 4.04. The quantitative estimate of drug-likeness (QED) is 0.771. The van der Waals surface area contributed by atoms with Gasteiger partial charge >= 0.3 is 0 Å². The highest BCUT2D eigenvalue weighted by Gasteiger charge is 2.17. The molecule has 1 aliphatic heterocycles. The predicted octanol–water partition coefficient (Wildman–Crippen LogP) is 4.34. The molecule has 144 valence electrons. The van der Waals surface area contributed by atoms with E-state index in [0.717, 1.165) is 43.1 Å². The summed E-state index contributed by atoms with van der Waals surface area (Å²) in [7, 11) is 2.15. The van der Waals surface area contributed by atoms with Crippen LogP contribution in [0, 0.1) is 6.92 Å². The first-order chi connectivity index (χ1) is 13.1. The van der Waals surface area contributed by atoms with Crippen LogP contribution in [0.3, 0.4) is 0 Å². The molecular weight excluding hydrogens is 356 g/mol. The zero-order valence-electron chi connectivity index (χ0n) is 16.1. The van der Waals surface area contributed by atoms with Crippen LogP contribution in [0.2, 0.25) is 0 Å². The van der Waals surface area contributed by atoms with Gasteiger partial charge in [0, 0.05) is 24.5 Å². The number of amides is 1. The van der Waals surface area contributed by atoms with Gasteiger partial charge in [0.25, 0.3) is 0 Å². The van der Waals surface area contributed by atoms with Crippen LogP contribution in [-0.2, 0) is 10.5 Å². The van der Waals surface area contributed by atoms with Crippen molar-refractivity contribution in [2.45, 2.75) is 31.6 Å². The Labute approximate surface area is 166 Å². The monoisotopic (exact) mass is 384 g/mol. The second kappa shape index (κ2) is 9.81. The number of nitrogens with zero attached hydrogens (tertiary/aromatic N) is 1. The first-order valence-electron chi connectivity index (χ1n) is 9.47. The van der Waals surface area contributed by atoms with Crippen LogP contribution in [0.4, 0.5) is 5.69 Å². The van der Waals surface area contributed by atoms with E-state index in [1.165, 1.54) is 11.1 Å². The van der Waals surface area contributed by atoms with Crippen molar-refractivity contribution in [1.29, 1.82) is 0 Å². The third kappa shape index (κ3) is 6.29. The van der Waals surface area contributed by atoms with Gasteiger partial charge in [-0.1, -0.05) is 24.3 Å². The molecule has 27 heavy (non-hydrogen) atoms. The van der Waals surface area contributed by atoms with Gasteiger partial charge in [0.2, 0.25) is 5.91 Å². The van der Waals surface area contributed by atoms with Gasteiger partial charge in [-0.15, -0.1) is 11.8 Å². The Morgan fingerprint density at radius 1 is 1.15 bits per heavy atom. The number of anilines is 1. The van der Waals surface area contributed by atoms with Crippen molar-refractivity contribution in [3.8, 4) is 5.75 Å². The number of likely N-dealkylation sites (tertiary alicyclic amines) is 1. The molecular formula is C22H28N2O2S. The van der Waals surface area contributed by atoms with E-state index in [9.17, 15) is 4.79 Å². The number of rotatable bonds is 7. The largest absolute Gasteiger partial charge is 0.490 e. The van der Waals surface area contributed by atoms with E-state index in [2.05, 4.69) is 36.3 Å². The van der Waals surface area contributed by atoms with Crippen LogP contribution in [-0.4, -0.2) is 42.8 Å². The van der Waals surface area contributed by atoms with Crippen molar-refractivity contribution in [3.05, 3.63) is 59.7 Å². The minimum absolute atomic E-state index is 0.0255. The molecule has 0 unspecified atom stereocenters. The molecule has 0 atom stereocenters. The molecule has 0 radical (unpaired) electrons. The van der Waals surface area contributed by atoms with Gasteiger partial charge < -0.3 is 15.0 Å². The summed E-state index contributed by atoms with van der Waals surface area (Å²) in [6.45, 7) is 4.27. The highest BCUT2D eigenvalue weighted by atomic mass is 32.2. The van der Waals surface area contributed by atoms with E-state index in [1.807, 2.05) is 36.4 Å². The lowest BCUT2D eigenvalue weighted by Crippen LogP contribution is -2.35. The van der Waals surface area contributed by atoms with Crippen LogP contribution in [0.25, 0.3) is 0 Å². The fraction of sp³-hybridized carbons (Fsp3) is 0.409. The van der Waals surface area contributed by atoms with Crippen LogP contribution in [0.1, 0.15) is 24.0 Å². The molecule has 5 heteroatoms. The molecule has 0 aromatic heterocycles. The highest BCUT2D eigenvalue weighted by Crippen LogP contribution is 2.21. The Kier molecular flexibility index (Phi) is 7.18. The number of carbonyl (C=O) groups excluding carboxylic acids is 1. The first-order valence-corrected chi connectivity index (χ1v) is 10.6. The van der Waals surface area contributed by atoms with Crippen molar-refractivity contribution in [2.75, 3.05) is 31.2 Å². The van der Waals surface area contributed by atoms with Crippen LogP contribution >= 0.6 is 11.8 Å². The second-order valence-corrected chi connectivity index (χ2v) is 8.10. The number of hydrogen-bond donors (Lipinski definition) is 1. The van der Waals surface area contributed by atoms with E-state index in [4.69, 9.17) is 4.74 Å². The Balaban J connectivity index is 1.41. The summed E-state index contributed by atoms with van der Waals surface area (Å²) in [5, 5.41) is 2.96. The van der Waals surface area contributed by atoms with Gasteiger partial charge in [0.05, 0.1) is 5.75 Å². The molecule has 4 nitrogen and oxygen atoms in total. The number of piperidine rings is 1. The highest BCUT2D eigenvalue weighted by molar-refractivity contribution is 7.99. The molecule has 2 aromatic carbocycles. The standard InChI is InChI=1S/C22H28N2O2S/c1-17-5-3-4-6-18(17)15-27-16-22(25)23-19-7-9-20(10-8-19)26-21-11-13-24(2)14-12-21/h3-10,21H,11-16H2,1-2H3,(H,23,25). The fourth-order valence-electron chi connectivity index (χ4n) is 3.13. The summed E-state index contributed by atoms with van der Waals surface area (Å²) in [5.41, 5.74) is 3.36. The Morgan fingerprint density at radius 2 is 1.85 bits per heavy atom. The zero-order valence-corrected chi connectivity index (χ0v) is 16.9. The molecule has 1 heterocycles. The van der Waals surface area contributed by atoms with Crippen molar-refractivity contribution < 1.29 is 9.53 Å². The van der Waals surface area contributed by atoms with Crippen molar-refractivity contribution in [3.63, 3.8) is 0 Å². The Bertz CT molecular complexity index is 740. The van der Waals surface area contributed by atoms with Gasteiger partial charge in [0.1, 0.15) is 11.9 Å². The maximum absolute atomic E-state index is 12.2. The summed E-state index contributed by atoms with van der Waals surface area (Å²) < 4.78 is 6.05. The van der Waals surface area contributed by atoms with E-state index in [-0.39, 0.29) is 5.91 Å². The predicted molar refractivity (Wildman–Crippen MR) is 114 cm³/mol. The molecule has 0 saturated carbocycles. The normalized spacial score (nSPS) is 15.5. The molecule has 1 N–H and O–H groups in total. The third-order valence-corrected chi connectivity index (χ3v) is 5.84. The Hall–Kier alpha value is -1.98. The molecule has 0 spiro atoms. The Morgan fingerprint density at radius 3 is 2.56 bits per heavy atom. The van der Waals surface area contributed by atoms with Crippen molar-refractivity contribution >= 4 is 23.4 Å². The minimum Gasteiger partial charge on any atom is -0.490 e. The summed E-state index contributed by atoms with van der Waals surface area (Å²) in [6, 6.07) is 16.0. The van der Waals surface area contributed by atoms with Gasteiger partial charge in [-0.2, -0.15) is 0 Å². The number of benzene rings is 2. The van der Waals surface area contributed by atoms with Crippen LogP contribution in [0.5, 0.6) is 5.75 Å². The average Bonchev–Trinajstić information content (AvgIpc) is 2.67. The summed E-state index contributed by atoms with van der Waals surface area (Å²) in [5.74, 6) is 2.19. The lowest BCUT2D eigenvalue weighted by molar-refractivity contribution is -0.113. The number of ether oxygens (including phenoxy) is 1. The summed E-state index contributed by atoms with van der Waals surface area (Å²) >= 11 is 1.63. The SMILES string of the molecule is Cc1ccccc1CSCC(=O)Nc1ccc(OC2CCN(C)CC2)cc1. The van der Waals surface area contributed by atoms with E-state index >= 15 is 0 Å². The molecule has 1 amide bonds. The van der Waals surface area contributed by atoms with E-state index < -0.39 is 0 Å². The van der Waals surface area contributed by atoms with Crippen LogP contribution in [0.15, 0.2) is 48.5 Å². The number of nitrogens with one attached hydrogen (secondary N) is 1. The topological polar surface area (TPSA) is 41.6 Å². The van der Waals surface area contributed by atoms with E-state index in [1.54, 1.807) is 11.8 Å². The third-order valence-electron chi connectivity index (χ3n) is 4.86. The number of hydrogen-bond acceptors (Lipinski definition) is 4. The lowest BCUT2D eigenvalue weighted by atomic mass is 10.1.